The summed E-state index contributed by atoms with van der Waals surface area (Å²) in [4.78, 5) is 28.6. The summed E-state index contributed by atoms with van der Waals surface area (Å²) in [6.07, 6.45) is 1.56. The molecular formula is C24H32Cl2N4O2. The van der Waals surface area contributed by atoms with Crippen molar-refractivity contribution < 1.29 is 9.59 Å². The minimum absolute atomic E-state index is 0.0113. The summed E-state index contributed by atoms with van der Waals surface area (Å²) in [5.74, 6) is 0.944. The second-order valence-electron chi connectivity index (χ2n) is 7.79. The number of nitrogens with zero attached hydrogens (tertiary/aromatic N) is 2. The molecule has 0 aliphatic rings. The third-order valence-corrected chi connectivity index (χ3v) is 5.17. The summed E-state index contributed by atoms with van der Waals surface area (Å²) in [5, 5.41) is 5.77. The normalized spacial score (nSPS) is 10.8. The average molecular weight is 479 g/mol. The second-order valence-corrected chi connectivity index (χ2v) is 8.54. The molecule has 6 nitrogen and oxygen atoms in total. The molecule has 2 aromatic rings. The maximum absolute atomic E-state index is 12.4. The highest BCUT2D eigenvalue weighted by molar-refractivity contribution is 6.18. The molecule has 2 N–H and O–H groups in total. The Balaban J connectivity index is 1.83. The molecular weight excluding hydrogens is 447 g/mol. The Morgan fingerprint density at radius 2 is 1.31 bits per heavy atom. The fourth-order valence-corrected chi connectivity index (χ4v) is 3.61. The van der Waals surface area contributed by atoms with Crippen molar-refractivity contribution in [2.45, 2.75) is 19.3 Å². The first-order valence-corrected chi connectivity index (χ1v) is 11.8. The highest BCUT2D eigenvalue weighted by Crippen LogP contribution is 2.17. The molecule has 174 valence electrons. The van der Waals surface area contributed by atoms with E-state index in [9.17, 15) is 9.59 Å². The number of anilines is 3. The molecule has 0 saturated heterocycles. The molecule has 0 aliphatic heterocycles. The average Bonchev–Trinajstić information content (AvgIpc) is 2.75. The number of hydrogen-bond donors (Lipinski definition) is 2. The maximum Gasteiger partial charge on any atom is 0.228 e. The van der Waals surface area contributed by atoms with Crippen LogP contribution in [0.3, 0.4) is 0 Å². The van der Waals surface area contributed by atoms with E-state index < -0.39 is 0 Å². The van der Waals surface area contributed by atoms with Gasteiger partial charge in [0, 0.05) is 48.3 Å². The largest absolute Gasteiger partial charge is 0.369 e. The van der Waals surface area contributed by atoms with E-state index in [1.807, 2.05) is 38.4 Å². The van der Waals surface area contributed by atoms with E-state index in [4.69, 9.17) is 23.2 Å². The minimum Gasteiger partial charge on any atom is -0.369 e. The van der Waals surface area contributed by atoms with Crippen LogP contribution in [0.2, 0.25) is 0 Å². The van der Waals surface area contributed by atoms with Crippen molar-refractivity contribution >= 4 is 52.1 Å². The molecule has 0 atom stereocenters. The Bertz CT molecular complexity index is 836. The van der Waals surface area contributed by atoms with Gasteiger partial charge in [-0.1, -0.05) is 12.1 Å². The number of amides is 2. The van der Waals surface area contributed by atoms with Gasteiger partial charge in [-0.3, -0.25) is 9.59 Å². The van der Waals surface area contributed by atoms with Crippen molar-refractivity contribution in [3.8, 4) is 0 Å². The molecule has 0 bridgehead atoms. The smallest absolute Gasteiger partial charge is 0.228 e. The lowest BCUT2D eigenvalue weighted by molar-refractivity contribution is -0.116. The monoisotopic (exact) mass is 478 g/mol. The number of halogens is 2. The van der Waals surface area contributed by atoms with Gasteiger partial charge in [0.15, 0.2) is 0 Å². The van der Waals surface area contributed by atoms with Crippen molar-refractivity contribution in [1.82, 2.24) is 4.90 Å². The number of rotatable bonds is 13. The number of nitrogens with one attached hydrogen (secondary N) is 2. The molecule has 0 heterocycles. The summed E-state index contributed by atoms with van der Waals surface area (Å²) in [6, 6.07) is 15.0. The fourth-order valence-electron chi connectivity index (χ4n) is 3.21. The van der Waals surface area contributed by atoms with Gasteiger partial charge in [0.2, 0.25) is 11.8 Å². The van der Waals surface area contributed by atoms with Gasteiger partial charge in [-0.25, -0.2) is 0 Å². The molecule has 0 radical (unpaired) electrons. The van der Waals surface area contributed by atoms with Crippen LogP contribution < -0.4 is 15.5 Å². The fraction of sp³-hybridized carbons (Fsp3) is 0.417. The zero-order chi connectivity index (χ0) is 23.3. The number of carbonyl (C=O) groups excluding carboxylic acids is 2. The predicted molar refractivity (Wildman–Crippen MR) is 135 cm³/mol. The van der Waals surface area contributed by atoms with Crippen LogP contribution in [0, 0.1) is 0 Å². The van der Waals surface area contributed by atoms with E-state index in [0.717, 1.165) is 37.3 Å². The van der Waals surface area contributed by atoms with E-state index in [-0.39, 0.29) is 18.2 Å². The van der Waals surface area contributed by atoms with Gasteiger partial charge in [0.25, 0.3) is 0 Å². The Morgan fingerprint density at radius 1 is 0.781 bits per heavy atom. The summed E-state index contributed by atoms with van der Waals surface area (Å²) in [6.45, 7) is 2.32. The van der Waals surface area contributed by atoms with Crippen molar-refractivity contribution in [3.05, 3.63) is 54.1 Å². The van der Waals surface area contributed by atoms with E-state index in [0.29, 0.717) is 29.6 Å². The van der Waals surface area contributed by atoms with Crippen LogP contribution in [0.1, 0.15) is 18.4 Å². The molecule has 0 fully saturated rings. The molecule has 0 unspecified atom stereocenters. The van der Waals surface area contributed by atoms with Crippen molar-refractivity contribution in [2.75, 3.05) is 61.0 Å². The molecule has 32 heavy (non-hydrogen) atoms. The molecule has 2 amide bonds. The lowest BCUT2D eigenvalue weighted by atomic mass is 10.1. The van der Waals surface area contributed by atoms with Crippen molar-refractivity contribution in [2.24, 2.45) is 0 Å². The third-order valence-electron chi connectivity index (χ3n) is 4.84. The van der Waals surface area contributed by atoms with Gasteiger partial charge >= 0.3 is 0 Å². The molecule has 0 aliphatic carbocycles. The maximum atomic E-state index is 12.4. The Morgan fingerprint density at radius 3 is 1.81 bits per heavy atom. The van der Waals surface area contributed by atoms with Crippen molar-refractivity contribution in [3.63, 3.8) is 0 Å². The summed E-state index contributed by atoms with van der Waals surface area (Å²) in [7, 11) is 3.97. The van der Waals surface area contributed by atoms with Gasteiger partial charge in [0.1, 0.15) is 0 Å². The van der Waals surface area contributed by atoms with Crippen molar-refractivity contribution in [1.29, 1.82) is 0 Å². The zero-order valence-electron chi connectivity index (χ0n) is 18.7. The minimum atomic E-state index is -0.100. The van der Waals surface area contributed by atoms with E-state index in [1.54, 1.807) is 24.3 Å². The first kappa shape index (κ1) is 26.0. The van der Waals surface area contributed by atoms with E-state index in [1.165, 1.54) is 0 Å². The van der Waals surface area contributed by atoms with Crippen LogP contribution in [0.15, 0.2) is 48.5 Å². The van der Waals surface area contributed by atoms with Gasteiger partial charge in [-0.2, -0.15) is 0 Å². The number of carbonyl (C=O) groups is 2. The van der Waals surface area contributed by atoms with Gasteiger partial charge in [-0.15, -0.1) is 23.2 Å². The Labute approximate surface area is 200 Å². The molecule has 8 heteroatoms. The first-order valence-electron chi connectivity index (χ1n) is 10.7. The van der Waals surface area contributed by atoms with Crippen LogP contribution in [0.5, 0.6) is 0 Å². The van der Waals surface area contributed by atoms with Gasteiger partial charge < -0.3 is 20.4 Å². The highest BCUT2D eigenvalue weighted by Gasteiger charge is 2.08. The van der Waals surface area contributed by atoms with Gasteiger partial charge in [-0.05, 0) is 69.0 Å². The molecule has 2 rings (SSSR count). The number of hydrogen-bond acceptors (Lipinski definition) is 4. The topological polar surface area (TPSA) is 64.7 Å². The Kier molecular flexibility index (Phi) is 11.4. The SMILES string of the molecule is CN(C)CCCC(=O)Nc1ccc(NC(=O)Cc2ccc(N(CCCl)CCCl)cc2)cc1. The lowest BCUT2D eigenvalue weighted by Gasteiger charge is -2.23. The predicted octanol–water partition coefficient (Wildman–Crippen LogP) is 4.43. The van der Waals surface area contributed by atoms with Crippen LogP contribution in [0.4, 0.5) is 17.1 Å². The molecule has 0 saturated carbocycles. The Hall–Kier alpha value is -2.28. The molecule has 0 aromatic heterocycles. The number of alkyl halides is 2. The molecule has 0 spiro atoms. The quantitative estimate of drug-likeness (QED) is 0.417. The van der Waals surface area contributed by atoms with Crippen LogP contribution in [-0.4, -0.2) is 62.2 Å². The zero-order valence-corrected chi connectivity index (χ0v) is 20.3. The van der Waals surface area contributed by atoms with E-state index >= 15 is 0 Å². The lowest BCUT2D eigenvalue weighted by Crippen LogP contribution is -2.27. The van der Waals surface area contributed by atoms with Crippen LogP contribution in [-0.2, 0) is 16.0 Å². The third kappa shape index (κ3) is 9.47. The standard InChI is InChI=1S/C24H32Cl2N4O2/c1-29(2)15-3-4-23(31)27-20-7-9-21(10-8-20)28-24(32)18-19-5-11-22(12-6-19)30(16-13-25)17-14-26/h5-12H,3-4,13-18H2,1-2H3,(H,27,31)(H,28,32). The first-order chi connectivity index (χ1) is 15.4. The van der Waals surface area contributed by atoms with Crippen LogP contribution >= 0.6 is 23.2 Å². The summed E-state index contributed by atoms with van der Waals surface area (Å²) < 4.78 is 0. The molecule has 2 aromatic carbocycles. The highest BCUT2D eigenvalue weighted by atomic mass is 35.5. The number of benzene rings is 2. The summed E-state index contributed by atoms with van der Waals surface area (Å²) >= 11 is 11.7. The van der Waals surface area contributed by atoms with E-state index in [2.05, 4.69) is 20.4 Å². The summed E-state index contributed by atoms with van der Waals surface area (Å²) in [5.41, 5.74) is 3.36. The van der Waals surface area contributed by atoms with Gasteiger partial charge in [0.05, 0.1) is 6.42 Å². The second kappa shape index (κ2) is 14.0. The van der Waals surface area contributed by atoms with Crippen LogP contribution in [0.25, 0.3) is 0 Å².